The summed E-state index contributed by atoms with van der Waals surface area (Å²) in [7, 11) is 0. The van der Waals surface area contributed by atoms with E-state index in [1.807, 2.05) is 12.3 Å². The van der Waals surface area contributed by atoms with Gasteiger partial charge < -0.3 is 5.11 Å². The van der Waals surface area contributed by atoms with E-state index in [1.54, 1.807) is 6.20 Å². The first kappa shape index (κ1) is 13.2. The second-order valence-electron chi connectivity index (χ2n) is 4.57. The number of aromatic nitrogens is 1. The van der Waals surface area contributed by atoms with E-state index in [9.17, 15) is 5.11 Å². The molecule has 1 aromatic rings. The molecule has 0 saturated carbocycles. The largest absolute Gasteiger partial charge is 0.388 e. The molecule has 1 rings (SSSR count). The van der Waals surface area contributed by atoms with Crippen LogP contribution < -0.4 is 0 Å². The molecule has 2 heteroatoms. The summed E-state index contributed by atoms with van der Waals surface area (Å²) in [4.78, 5) is 4.10. The van der Waals surface area contributed by atoms with Crippen molar-refractivity contribution >= 4 is 0 Å². The van der Waals surface area contributed by atoms with Gasteiger partial charge >= 0.3 is 0 Å². The zero-order chi connectivity index (χ0) is 12.0. The molecule has 0 saturated heterocycles. The summed E-state index contributed by atoms with van der Waals surface area (Å²) in [5.41, 5.74) is 2.22. The fourth-order valence-electron chi connectivity index (χ4n) is 2.18. The third-order valence-corrected chi connectivity index (χ3v) is 3.09. The second-order valence-corrected chi connectivity index (χ2v) is 4.57. The van der Waals surface area contributed by atoms with Crippen LogP contribution in [0.2, 0.25) is 0 Å². The summed E-state index contributed by atoms with van der Waals surface area (Å²) in [6.45, 7) is 6.50. The maximum Gasteiger partial charge on any atom is 0.0796 e. The number of aliphatic hydroxyl groups excluding tert-OH is 1. The van der Waals surface area contributed by atoms with E-state index in [0.29, 0.717) is 5.92 Å². The monoisotopic (exact) mass is 221 g/mol. The summed E-state index contributed by atoms with van der Waals surface area (Å²) in [6.07, 6.45) is 7.45. The van der Waals surface area contributed by atoms with Gasteiger partial charge in [-0.1, -0.05) is 33.6 Å². The predicted molar refractivity (Wildman–Crippen MR) is 67.3 cm³/mol. The van der Waals surface area contributed by atoms with Crippen LogP contribution in [0.4, 0.5) is 0 Å². The van der Waals surface area contributed by atoms with Crippen LogP contribution in [0.15, 0.2) is 18.5 Å². The molecule has 0 aromatic carbocycles. The molecular formula is C14H23NO. The third-order valence-electron chi connectivity index (χ3n) is 3.09. The van der Waals surface area contributed by atoms with Gasteiger partial charge in [-0.3, -0.25) is 4.98 Å². The molecular weight excluding hydrogens is 198 g/mol. The van der Waals surface area contributed by atoms with Crippen LogP contribution in [-0.4, -0.2) is 10.1 Å². The molecule has 2 unspecified atom stereocenters. The molecule has 0 amide bonds. The van der Waals surface area contributed by atoms with E-state index < -0.39 is 0 Å². The molecule has 1 aromatic heterocycles. The van der Waals surface area contributed by atoms with Crippen molar-refractivity contribution in [3.05, 3.63) is 29.6 Å². The van der Waals surface area contributed by atoms with Crippen molar-refractivity contribution < 1.29 is 5.11 Å². The van der Waals surface area contributed by atoms with Crippen LogP contribution in [0.3, 0.4) is 0 Å². The zero-order valence-electron chi connectivity index (χ0n) is 10.6. The van der Waals surface area contributed by atoms with Crippen molar-refractivity contribution in [2.75, 3.05) is 0 Å². The van der Waals surface area contributed by atoms with Crippen molar-refractivity contribution in [1.82, 2.24) is 4.98 Å². The molecule has 0 bridgehead atoms. The molecule has 0 fully saturated rings. The SMILES string of the molecule is CCCC(C)CC(O)c1ccncc1CC. The van der Waals surface area contributed by atoms with Gasteiger partial charge in [-0.15, -0.1) is 0 Å². The number of aryl methyl sites for hydroxylation is 1. The lowest BCUT2D eigenvalue weighted by Crippen LogP contribution is -2.07. The fourth-order valence-corrected chi connectivity index (χ4v) is 2.18. The predicted octanol–water partition coefficient (Wildman–Crippen LogP) is 3.50. The maximum absolute atomic E-state index is 10.2. The highest BCUT2D eigenvalue weighted by Crippen LogP contribution is 2.25. The van der Waals surface area contributed by atoms with Crippen molar-refractivity contribution in [1.29, 1.82) is 0 Å². The van der Waals surface area contributed by atoms with Gasteiger partial charge in [0.15, 0.2) is 0 Å². The molecule has 16 heavy (non-hydrogen) atoms. The minimum Gasteiger partial charge on any atom is -0.388 e. The highest BCUT2D eigenvalue weighted by molar-refractivity contribution is 5.25. The van der Waals surface area contributed by atoms with Gasteiger partial charge in [0.05, 0.1) is 6.10 Å². The van der Waals surface area contributed by atoms with Crippen molar-refractivity contribution in [3.8, 4) is 0 Å². The Morgan fingerprint density at radius 3 is 2.75 bits per heavy atom. The lowest BCUT2D eigenvalue weighted by Gasteiger charge is -2.18. The van der Waals surface area contributed by atoms with Gasteiger partial charge in [0.1, 0.15) is 0 Å². The average Bonchev–Trinajstić information content (AvgIpc) is 2.29. The summed E-state index contributed by atoms with van der Waals surface area (Å²) >= 11 is 0. The minimum absolute atomic E-state index is 0.334. The number of rotatable bonds is 6. The molecule has 2 nitrogen and oxygen atoms in total. The number of pyridine rings is 1. The summed E-state index contributed by atoms with van der Waals surface area (Å²) in [5.74, 6) is 0.581. The van der Waals surface area contributed by atoms with Crippen LogP contribution in [-0.2, 0) is 6.42 Å². The van der Waals surface area contributed by atoms with Gasteiger partial charge in [0, 0.05) is 12.4 Å². The average molecular weight is 221 g/mol. The maximum atomic E-state index is 10.2. The Balaban J connectivity index is 2.68. The number of aliphatic hydroxyl groups is 1. The Hall–Kier alpha value is -0.890. The molecule has 0 aliphatic rings. The molecule has 1 N–H and O–H groups in total. The Bertz CT molecular complexity index is 311. The third kappa shape index (κ3) is 3.60. The van der Waals surface area contributed by atoms with Crippen molar-refractivity contribution in [2.45, 2.75) is 52.6 Å². The number of nitrogens with zero attached hydrogens (tertiary/aromatic N) is 1. The lowest BCUT2D eigenvalue weighted by molar-refractivity contribution is 0.144. The van der Waals surface area contributed by atoms with E-state index >= 15 is 0 Å². The van der Waals surface area contributed by atoms with E-state index in [0.717, 1.165) is 18.4 Å². The second kappa shape index (κ2) is 6.64. The lowest BCUT2D eigenvalue weighted by atomic mass is 9.93. The van der Waals surface area contributed by atoms with Crippen LogP contribution >= 0.6 is 0 Å². The number of hydrogen-bond acceptors (Lipinski definition) is 2. The summed E-state index contributed by atoms with van der Waals surface area (Å²) < 4.78 is 0. The standard InChI is InChI=1S/C14H23NO/c1-4-6-11(3)9-14(16)13-7-8-15-10-12(13)5-2/h7-8,10-11,14,16H,4-6,9H2,1-3H3. The Kier molecular flexibility index (Phi) is 5.47. The van der Waals surface area contributed by atoms with Gasteiger partial charge in [-0.25, -0.2) is 0 Å². The van der Waals surface area contributed by atoms with Crippen LogP contribution in [0.5, 0.6) is 0 Å². The molecule has 2 atom stereocenters. The van der Waals surface area contributed by atoms with E-state index in [2.05, 4.69) is 25.8 Å². The van der Waals surface area contributed by atoms with Gasteiger partial charge in [0.25, 0.3) is 0 Å². The minimum atomic E-state index is -0.334. The van der Waals surface area contributed by atoms with E-state index in [4.69, 9.17) is 0 Å². The zero-order valence-corrected chi connectivity index (χ0v) is 10.6. The molecule has 0 aliphatic carbocycles. The van der Waals surface area contributed by atoms with Gasteiger partial charge in [-0.05, 0) is 36.0 Å². The summed E-state index contributed by atoms with van der Waals surface area (Å²) in [6, 6.07) is 1.95. The fraction of sp³-hybridized carbons (Fsp3) is 0.643. The molecule has 0 spiro atoms. The van der Waals surface area contributed by atoms with Gasteiger partial charge in [0.2, 0.25) is 0 Å². The van der Waals surface area contributed by atoms with Crippen molar-refractivity contribution in [2.24, 2.45) is 5.92 Å². The first-order valence-corrected chi connectivity index (χ1v) is 6.29. The first-order chi connectivity index (χ1) is 7.69. The quantitative estimate of drug-likeness (QED) is 0.797. The molecule has 0 radical (unpaired) electrons. The normalized spacial score (nSPS) is 14.8. The van der Waals surface area contributed by atoms with E-state index in [-0.39, 0.29) is 6.10 Å². The van der Waals surface area contributed by atoms with Crippen molar-refractivity contribution in [3.63, 3.8) is 0 Å². The molecule has 1 heterocycles. The highest BCUT2D eigenvalue weighted by atomic mass is 16.3. The molecule has 90 valence electrons. The van der Waals surface area contributed by atoms with Gasteiger partial charge in [-0.2, -0.15) is 0 Å². The Labute approximate surface area is 98.7 Å². The highest BCUT2D eigenvalue weighted by Gasteiger charge is 2.14. The Morgan fingerprint density at radius 1 is 1.38 bits per heavy atom. The topological polar surface area (TPSA) is 33.1 Å². The Morgan fingerprint density at radius 2 is 2.12 bits per heavy atom. The van der Waals surface area contributed by atoms with Crippen LogP contribution in [0.1, 0.15) is 57.3 Å². The van der Waals surface area contributed by atoms with E-state index in [1.165, 1.54) is 18.4 Å². The molecule has 0 aliphatic heterocycles. The first-order valence-electron chi connectivity index (χ1n) is 6.29. The van der Waals surface area contributed by atoms with Crippen LogP contribution in [0, 0.1) is 5.92 Å². The number of hydrogen-bond donors (Lipinski definition) is 1. The smallest absolute Gasteiger partial charge is 0.0796 e. The summed E-state index contributed by atoms with van der Waals surface area (Å²) in [5, 5.41) is 10.2. The van der Waals surface area contributed by atoms with Crippen LogP contribution in [0.25, 0.3) is 0 Å².